The number of nitrogens with zero attached hydrogens (tertiary/aromatic N) is 1. The molecule has 7 nitrogen and oxygen atoms in total. The maximum absolute atomic E-state index is 12.0. The SMILES string of the molecule is CCCN(CC(=O)O)CC(=O)NCc1cccc(C(=O)NC2CC2)c1.Cl. The molecule has 0 atom stereocenters. The van der Waals surface area contributed by atoms with Crippen LogP contribution in [0.4, 0.5) is 0 Å². The first kappa shape index (κ1) is 21.9. The standard InChI is InChI=1S/C18H25N3O4.ClH/c1-2-8-21(12-17(23)24)11-16(22)19-10-13-4-3-5-14(9-13)18(25)20-15-6-7-15;/h3-5,9,15H,2,6-8,10-12H2,1H3,(H,19,22)(H,20,25)(H,23,24);1H. The Bertz CT molecular complexity index is 635. The summed E-state index contributed by atoms with van der Waals surface area (Å²) in [5.74, 6) is -1.27. The largest absolute Gasteiger partial charge is 0.480 e. The minimum Gasteiger partial charge on any atom is -0.480 e. The number of benzene rings is 1. The average Bonchev–Trinajstić information content (AvgIpc) is 3.37. The van der Waals surface area contributed by atoms with Crippen molar-refractivity contribution in [1.82, 2.24) is 15.5 Å². The molecule has 144 valence electrons. The second-order valence-corrected chi connectivity index (χ2v) is 6.33. The molecule has 8 heteroatoms. The van der Waals surface area contributed by atoms with Crippen LogP contribution in [0.25, 0.3) is 0 Å². The summed E-state index contributed by atoms with van der Waals surface area (Å²) in [5, 5.41) is 14.6. The first-order valence-corrected chi connectivity index (χ1v) is 8.58. The summed E-state index contributed by atoms with van der Waals surface area (Å²) in [5.41, 5.74) is 1.41. The highest BCUT2D eigenvalue weighted by Gasteiger charge is 2.23. The lowest BCUT2D eigenvalue weighted by atomic mass is 10.1. The minimum atomic E-state index is -0.948. The number of nitrogens with one attached hydrogen (secondary N) is 2. The van der Waals surface area contributed by atoms with Gasteiger partial charge in [0.15, 0.2) is 0 Å². The lowest BCUT2D eigenvalue weighted by Crippen LogP contribution is -2.40. The molecular weight excluding hydrogens is 358 g/mol. The van der Waals surface area contributed by atoms with Crippen molar-refractivity contribution in [2.45, 2.75) is 38.8 Å². The first-order valence-electron chi connectivity index (χ1n) is 8.58. The molecule has 0 spiro atoms. The van der Waals surface area contributed by atoms with Crippen LogP contribution in [0.2, 0.25) is 0 Å². The molecule has 2 amide bonds. The summed E-state index contributed by atoms with van der Waals surface area (Å²) >= 11 is 0. The molecule has 2 rings (SSSR count). The van der Waals surface area contributed by atoms with Gasteiger partial charge in [-0.1, -0.05) is 19.1 Å². The highest BCUT2D eigenvalue weighted by Crippen LogP contribution is 2.19. The van der Waals surface area contributed by atoms with Crippen LogP contribution >= 0.6 is 12.4 Å². The third kappa shape index (κ3) is 7.84. The van der Waals surface area contributed by atoms with Gasteiger partial charge in [0.25, 0.3) is 5.91 Å². The number of carboxylic acid groups (broad SMARTS) is 1. The van der Waals surface area contributed by atoms with Gasteiger partial charge in [-0.25, -0.2) is 0 Å². The van der Waals surface area contributed by atoms with Crippen molar-refractivity contribution in [2.24, 2.45) is 0 Å². The lowest BCUT2D eigenvalue weighted by Gasteiger charge is -2.18. The lowest BCUT2D eigenvalue weighted by molar-refractivity contribution is -0.138. The molecule has 26 heavy (non-hydrogen) atoms. The average molecular weight is 384 g/mol. The zero-order valence-electron chi connectivity index (χ0n) is 14.9. The van der Waals surface area contributed by atoms with Crippen molar-refractivity contribution in [3.8, 4) is 0 Å². The van der Waals surface area contributed by atoms with E-state index in [1.807, 2.05) is 13.0 Å². The van der Waals surface area contributed by atoms with E-state index in [9.17, 15) is 14.4 Å². The van der Waals surface area contributed by atoms with E-state index in [0.29, 0.717) is 24.7 Å². The molecule has 0 radical (unpaired) electrons. The minimum absolute atomic E-state index is 0. The molecule has 1 aromatic rings. The summed E-state index contributed by atoms with van der Waals surface area (Å²) < 4.78 is 0. The monoisotopic (exact) mass is 383 g/mol. The van der Waals surface area contributed by atoms with E-state index in [4.69, 9.17) is 5.11 Å². The zero-order chi connectivity index (χ0) is 18.2. The second-order valence-electron chi connectivity index (χ2n) is 6.33. The molecule has 1 aromatic carbocycles. The zero-order valence-corrected chi connectivity index (χ0v) is 15.7. The Kier molecular flexibility index (Phi) is 9.09. The predicted molar refractivity (Wildman–Crippen MR) is 100 cm³/mol. The van der Waals surface area contributed by atoms with Gasteiger partial charge in [-0.3, -0.25) is 19.3 Å². The van der Waals surface area contributed by atoms with Crippen LogP contribution in [0.1, 0.15) is 42.1 Å². The fourth-order valence-corrected chi connectivity index (χ4v) is 2.50. The van der Waals surface area contributed by atoms with Crippen LogP contribution in [-0.2, 0) is 16.1 Å². The highest BCUT2D eigenvalue weighted by molar-refractivity contribution is 5.94. The Morgan fingerprint density at radius 1 is 1.23 bits per heavy atom. The van der Waals surface area contributed by atoms with E-state index in [0.717, 1.165) is 24.8 Å². The van der Waals surface area contributed by atoms with Crippen molar-refractivity contribution < 1.29 is 19.5 Å². The number of hydrogen-bond acceptors (Lipinski definition) is 4. The van der Waals surface area contributed by atoms with Crippen molar-refractivity contribution in [1.29, 1.82) is 0 Å². The highest BCUT2D eigenvalue weighted by atomic mass is 35.5. The van der Waals surface area contributed by atoms with Crippen LogP contribution in [0.5, 0.6) is 0 Å². The molecule has 0 aliphatic heterocycles. The molecule has 1 aliphatic rings. The molecule has 0 aromatic heterocycles. The number of rotatable bonds is 10. The van der Waals surface area contributed by atoms with Crippen LogP contribution in [0.3, 0.4) is 0 Å². The first-order chi connectivity index (χ1) is 12.0. The number of halogens is 1. The Morgan fingerprint density at radius 3 is 2.58 bits per heavy atom. The van der Waals surface area contributed by atoms with Crippen molar-refractivity contribution >= 4 is 30.2 Å². The molecule has 3 N–H and O–H groups in total. The van der Waals surface area contributed by atoms with Gasteiger partial charge in [0, 0.05) is 18.2 Å². The van der Waals surface area contributed by atoms with Crippen LogP contribution in [0, 0.1) is 0 Å². The van der Waals surface area contributed by atoms with Crippen molar-refractivity contribution in [2.75, 3.05) is 19.6 Å². The van der Waals surface area contributed by atoms with Gasteiger partial charge in [-0.2, -0.15) is 0 Å². The summed E-state index contributed by atoms with van der Waals surface area (Å²) in [6, 6.07) is 7.44. The third-order valence-corrected chi connectivity index (χ3v) is 3.86. The fraction of sp³-hybridized carbons (Fsp3) is 0.500. The molecule has 0 bridgehead atoms. The molecular formula is C18H26ClN3O4. The van der Waals surface area contributed by atoms with Gasteiger partial charge in [0.2, 0.25) is 5.91 Å². The normalized spacial score (nSPS) is 13.0. The second kappa shape index (κ2) is 10.8. The number of carboxylic acids is 1. The quantitative estimate of drug-likeness (QED) is 0.567. The number of carbonyl (C=O) groups excluding carboxylic acids is 2. The fourth-order valence-electron chi connectivity index (χ4n) is 2.50. The van der Waals surface area contributed by atoms with Crippen molar-refractivity contribution in [3.63, 3.8) is 0 Å². The topological polar surface area (TPSA) is 98.7 Å². The van der Waals surface area contributed by atoms with E-state index in [-0.39, 0.29) is 37.3 Å². The van der Waals surface area contributed by atoms with Crippen LogP contribution in [0.15, 0.2) is 24.3 Å². The van der Waals surface area contributed by atoms with E-state index in [2.05, 4.69) is 10.6 Å². The van der Waals surface area contributed by atoms with Gasteiger partial charge >= 0.3 is 5.97 Å². The Labute approximate surface area is 159 Å². The maximum Gasteiger partial charge on any atom is 0.317 e. The number of aliphatic carboxylic acids is 1. The maximum atomic E-state index is 12.0. The predicted octanol–water partition coefficient (Wildman–Crippen LogP) is 1.41. The Morgan fingerprint density at radius 2 is 1.96 bits per heavy atom. The van der Waals surface area contributed by atoms with Gasteiger partial charge < -0.3 is 15.7 Å². The summed E-state index contributed by atoms with van der Waals surface area (Å²) in [4.78, 5) is 36.5. The van der Waals surface area contributed by atoms with E-state index < -0.39 is 5.97 Å². The van der Waals surface area contributed by atoms with E-state index in [1.54, 1.807) is 23.1 Å². The molecule has 1 fully saturated rings. The molecule has 0 unspecified atom stereocenters. The summed E-state index contributed by atoms with van der Waals surface area (Å²) in [6.45, 7) is 2.68. The number of carbonyl (C=O) groups is 3. The van der Waals surface area contributed by atoms with Gasteiger partial charge in [0.05, 0.1) is 13.1 Å². The number of hydrogen-bond donors (Lipinski definition) is 3. The smallest absolute Gasteiger partial charge is 0.317 e. The van der Waals surface area contributed by atoms with E-state index >= 15 is 0 Å². The van der Waals surface area contributed by atoms with Gasteiger partial charge in [-0.05, 0) is 43.5 Å². The van der Waals surface area contributed by atoms with Crippen molar-refractivity contribution in [3.05, 3.63) is 35.4 Å². The third-order valence-electron chi connectivity index (χ3n) is 3.86. The molecule has 1 saturated carbocycles. The molecule has 1 aliphatic carbocycles. The molecule has 0 saturated heterocycles. The Hall–Kier alpha value is -2.12. The number of amides is 2. The van der Waals surface area contributed by atoms with E-state index in [1.165, 1.54) is 0 Å². The summed E-state index contributed by atoms with van der Waals surface area (Å²) in [6.07, 6.45) is 2.84. The van der Waals surface area contributed by atoms with Gasteiger partial charge in [0.1, 0.15) is 0 Å². The van der Waals surface area contributed by atoms with Gasteiger partial charge in [-0.15, -0.1) is 12.4 Å². The molecule has 0 heterocycles. The summed E-state index contributed by atoms with van der Waals surface area (Å²) in [7, 11) is 0. The van der Waals surface area contributed by atoms with Crippen LogP contribution in [-0.4, -0.2) is 53.5 Å². The Balaban J connectivity index is 0.00000338. The van der Waals surface area contributed by atoms with Crippen LogP contribution < -0.4 is 10.6 Å².